The Morgan fingerprint density at radius 1 is 1.07 bits per heavy atom. The van der Waals surface area contributed by atoms with Crippen LogP contribution in [0.2, 0.25) is 0 Å². The predicted molar refractivity (Wildman–Crippen MR) is 121 cm³/mol. The highest BCUT2D eigenvalue weighted by Gasteiger charge is 2.10. The van der Waals surface area contributed by atoms with Crippen LogP contribution in [0.1, 0.15) is 23.7 Å². The summed E-state index contributed by atoms with van der Waals surface area (Å²) in [5.74, 6) is 0.229. The van der Waals surface area contributed by atoms with E-state index < -0.39 is 11.8 Å². The molecule has 2 aromatic rings. The molecule has 0 saturated carbocycles. The number of hydrogen-bond donors (Lipinski definition) is 3. The molecule has 3 N–H and O–H groups in total. The van der Waals surface area contributed by atoms with E-state index in [0.717, 1.165) is 10.9 Å². The van der Waals surface area contributed by atoms with Crippen LogP contribution in [0.3, 0.4) is 0 Å². The molecule has 0 aliphatic rings. The largest absolute Gasteiger partial charge is 0.494 e. The first-order chi connectivity index (χ1) is 13.9. The number of benzene rings is 2. The van der Waals surface area contributed by atoms with E-state index in [9.17, 15) is 9.59 Å². The van der Waals surface area contributed by atoms with Crippen LogP contribution in [0.25, 0.3) is 0 Å². The minimum Gasteiger partial charge on any atom is -0.494 e. The lowest BCUT2D eigenvalue weighted by Crippen LogP contribution is -2.49. The van der Waals surface area contributed by atoms with Crippen molar-refractivity contribution in [3.8, 4) is 11.5 Å². The fraction of sp³-hybridized carbons (Fsp3) is 0.211. The van der Waals surface area contributed by atoms with Crippen molar-refractivity contribution in [1.29, 1.82) is 0 Å². The number of carbonyl (C=O) groups is 2. The summed E-state index contributed by atoms with van der Waals surface area (Å²) in [6.45, 7) is 2.33. The molecule has 0 aromatic heterocycles. The zero-order chi connectivity index (χ0) is 21.2. The molecule has 154 valence electrons. The van der Waals surface area contributed by atoms with Gasteiger partial charge in [-0.05, 0) is 71.0 Å². The second kappa shape index (κ2) is 11.7. The average molecular weight is 545 g/mol. The van der Waals surface area contributed by atoms with Gasteiger partial charge in [-0.25, -0.2) is 0 Å². The number of halogens is 2. The lowest BCUT2D eigenvalue weighted by atomic mass is 10.2. The molecule has 0 saturated heterocycles. The van der Waals surface area contributed by atoms with Crippen LogP contribution in [0, 0.1) is 0 Å². The molecule has 0 bridgehead atoms. The first kappa shape index (κ1) is 23.1. The van der Waals surface area contributed by atoms with Crippen LogP contribution in [0.5, 0.6) is 11.5 Å². The van der Waals surface area contributed by atoms with E-state index in [-0.39, 0.29) is 11.7 Å². The first-order valence-electron chi connectivity index (χ1n) is 8.60. The average Bonchev–Trinajstić information content (AvgIpc) is 2.70. The van der Waals surface area contributed by atoms with Gasteiger partial charge in [0.25, 0.3) is 11.8 Å². The van der Waals surface area contributed by atoms with Gasteiger partial charge in [0, 0.05) is 10.0 Å². The third kappa shape index (κ3) is 8.00. The summed E-state index contributed by atoms with van der Waals surface area (Å²) < 4.78 is 12.5. The highest BCUT2D eigenvalue weighted by molar-refractivity contribution is 9.11. The van der Waals surface area contributed by atoms with Crippen molar-refractivity contribution >= 4 is 61.0 Å². The lowest BCUT2D eigenvalue weighted by Gasteiger charge is -2.12. The van der Waals surface area contributed by atoms with Crippen molar-refractivity contribution in [3.05, 3.63) is 57.0 Å². The number of hydrazine groups is 1. The lowest BCUT2D eigenvalue weighted by molar-refractivity contribution is -0.123. The Labute approximate surface area is 190 Å². The molecule has 0 aliphatic carbocycles. The molecule has 0 unspecified atom stereocenters. The Morgan fingerprint density at radius 3 is 2.59 bits per heavy atom. The van der Waals surface area contributed by atoms with Gasteiger partial charge in [-0.3, -0.25) is 25.8 Å². The number of hydrogen-bond acceptors (Lipinski definition) is 5. The normalized spacial score (nSPS) is 10.0. The van der Waals surface area contributed by atoms with Crippen molar-refractivity contribution in [2.24, 2.45) is 0 Å². The fourth-order valence-corrected chi connectivity index (χ4v) is 3.36. The second-order valence-corrected chi connectivity index (χ2v) is 7.87. The Balaban J connectivity index is 1.77. The quantitative estimate of drug-likeness (QED) is 0.364. The molecule has 0 radical (unpaired) electrons. The SMILES string of the molecule is CCCOc1cccc(C(=O)NC(=S)NNC(=O)COc2ccc(Br)cc2Br)c1. The van der Waals surface area contributed by atoms with Crippen molar-refractivity contribution in [2.75, 3.05) is 13.2 Å². The zero-order valence-corrected chi connectivity index (χ0v) is 19.4. The van der Waals surface area contributed by atoms with Gasteiger partial charge in [-0.1, -0.05) is 28.9 Å². The van der Waals surface area contributed by atoms with Gasteiger partial charge in [0.15, 0.2) is 11.7 Å². The molecule has 2 aromatic carbocycles. The maximum Gasteiger partial charge on any atom is 0.276 e. The number of nitrogens with one attached hydrogen (secondary N) is 3. The highest BCUT2D eigenvalue weighted by Crippen LogP contribution is 2.28. The minimum absolute atomic E-state index is 0.0481. The molecule has 10 heteroatoms. The standard InChI is InChI=1S/C19H19Br2N3O4S/c1-2-8-27-14-5-3-4-12(9-14)18(26)22-19(29)24-23-17(25)11-28-16-7-6-13(20)10-15(16)21/h3-7,9-10H,2,8,11H2,1H3,(H,23,25)(H2,22,24,26,29). The van der Waals surface area contributed by atoms with Gasteiger partial charge >= 0.3 is 0 Å². The fourth-order valence-electron chi connectivity index (χ4n) is 2.05. The third-order valence-electron chi connectivity index (χ3n) is 3.36. The van der Waals surface area contributed by atoms with Crippen LogP contribution in [-0.2, 0) is 4.79 Å². The Morgan fingerprint density at radius 2 is 1.86 bits per heavy atom. The summed E-state index contributed by atoms with van der Waals surface area (Å²) in [7, 11) is 0. The van der Waals surface area contributed by atoms with Crippen LogP contribution in [0.15, 0.2) is 51.4 Å². The summed E-state index contributed by atoms with van der Waals surface area (Å²) in [4.78, 5) is 24.1. The van der Waals surface area contributed by atoms with Gasteiger partial charge in [0.2, 0.25) is 0 Å². The number of thiocarbonyl (C=S) groups is 1. The number of amides is 2. The first-order valence-corrected chi connectivity index (χ1v) is 10.6. The van der Waals surface area contributed by atoms with E-state index in [1.54, 1.807) is 42.5 Å². The molecular weight excluding hydrogens is 526 g/mol. The monoisotopic (exact) mass is 543 g/mol. The Hall–Kier alpha value is -2.17. The van der Waals surface area contributed by atoms with E-state index in [0.29, 0.717) is 28.1 Å². The van der Waals surface area contributed by atoms with Gasteiger partial charge in [0.1, 0.15) is 11.5 Å². The van der Waals surface area contributed by atoms with Gasteiger partial charge in [-0.2, -0.15) is 0 Å². The smallest absolute Gasteiger partial charge is 0.276 e. The zero-order valence-electron chi connectivity index (χ0n) is 15.5. The van der Waals surface area contributed by atoms with Crippen LogP contribution >= 0.6 is 44.1 Å². The molecular formula is C19H19Br2N3O4S. The molecule has 29 heavy (non-hydrogen) atoms. The minimum atomic E-state index is -0.466. The molecule has 2 amide bonds. The molecule has 0 aliphatic heterocycles. The maximum absolute atomic E-state index is 12.3. The van der Waals surface area contributed by atoms with E-state index in [1.807, 2.05) is 6.92 Å². The van der Waals surface area contributed by atoms with Crippen molar-refractivity contribution in [3.63, 3.8) is 0 Å². The van der Waals surface area contributed by atoms with Crippen LogP contribution in [0.4, 0.5) is 0 Å². The van der Waals surface area contributed by atoms with E-state index >= 15 is 0 Å². The summed E-state index contributed by atoms with van der Waals surface area (Å²) in [5.41, 5.74) is 5.21. The summed E-state index contributed by atoms with van der Waals surface area (Å²) in [5, 5.41) is 2.43. The van der Waals surface area contributed by atoms with E-state index in [1.165, 1.54) is 0 Å². The van der Waals surface area contributed by atoms with Gasteiger partial charge in [-0.15, -0.1) is 0 Å². The van der Waals surface area contributed by atoms with Crippen LogP contribution < -0.4 is 25.6 Å². The highest BCUT2D eigenvalue weighted by atomic mass is 79.9. The van der Waals surface area contributed by atoms with Crippen LogP contribution in [-0.4, -0.2) is 30.1 Å². The Kier molecular flexibility index (Phi) is 9.36. The van der Waals surface area contributed by atoms with E-state index in [2.05, 4.69) is 48.0 Å². The summed E-state index contributed by atoms with van der Waals surface area (Å²) in [6, 6.07) is 12.1. The summed E-state index contributed by atoms with van der Waals surface area (Å²) in [6.07, 6.45) is 0.868. The second-order valence-electron chi connectivity index (χ2n) is 5.70. The van der Waals surface area contributed by atoms with Crippen molar-refractivity contribution in [2.45, 2.75) is 13.3 Å². The van der Waals surface area contributed by atoms with E-state index in [4.69, 9.17) is 21.7 Å². The molecule has 0 atom stereocenters. The predicted octanol–water partition coefficient (Wildman–Crippen LogP) is 3.71. The molecule has 0 spiro atoms. The summed E-state index contributed by atoms with van der Waals surface area (Å²) >= 11 is 11.7. The Bertz CT molecular complexity index is 896. The van der Waals surface area contributed by atoms with Gasteiger partial charge in [0.05, 0.1) is 11.1 Å². The van der Waals surface area contributed by atoms with Gasteiger partial charge < -0.3 is 9.47 Å². The topological polar surface area (TPSA) is 88.7 Å². The molecule has 2 rings (SSSR count). The maximum atomic E-state index is 12.3. The third-order valence-corrected chi connectivity index (χ3v) is 4.68. The number of carbonyl (C=O) groups excluding carboxylic acids is 2. The molecule has 0 heterocycles. The molecule has 0 fully saturated rings. The van der Waals surface area contributed by atoms with Crippen molar-refractivity contribution in [1.82, 2.24) is 16.2 Å². The molecule has 7 nitrogen and oxygen atoms in total. The number of rotatable bonds is 7. The number of ether oxygens (including phenoxy) is 2. The van der Waals surface area contributed by atoms with Crippen molar-refractivity contribution < 1.29 is 19.1 Å².